The first-order chi connectivity index (χ1) is 14.1. The van der Waals surface area contributed by atoms with Crippen molar-refractivity contribution >= 4 is 22.8 Å². The van der Waals surface area contributed by atoms with Crippen LogP contribution in [0.5, 0.6) is 0 Å². The minimum atomic E-state index is 0.0284. The number of hydrogen-bond donors (Lipinski definition) is 0. The molecule has 0 heterocycles. The summed E-state index contributed by atoms with van der Waals surface area (Å²) >= 11 is 0. The van der Waals surface area contributed by atoms with Gasteiger partial charge in [-0.05, 0) is 58.7 Å². The molecular formula is C27H28O2. The van der Waals surface area contributed by atoms with E-state index in [9.17, 15) is 9.59 Å². The number of allylic oxidation sites excluding steroid dienone is 2. The van der Waals surface area contributed by atoms with E-state index in [0.29, 0.717) is 18.4 Å². The summed E-state index contributed by atoms with van der Waals surface area (Å²) in [6.07, 6.45) is 5.44. The van der Waals surface area contributed by atoms with Gasteiger partial charge in [0, 0.05) is 12.8 Å². The number of ketones is 1. The molecule has 148 valence electrons. The number of carbonyl (C=O) groups is 2. The van der Waals surface area contributed by atoms with E-state index in [-0.39, 0.29) is 11.7 Å². The van der Waals surface area contributed by atoms with Crippen LogP contribution in [0.4, 0.5) is 0 Å². The molecule has 3 aromatic carbocycles. The quantitative estimate of drug-likeness (QED) is 0.339. The Balaban J connectivity index is 1.71. The maximum atomic E-state index is 12.8. The van der Waals surface area contributed by atoms with Gasteiger partial charge in [-0.3, -0.25) is 9.59 Å². The van der Waals surface area contributed by atoms with E-state index in [1.165, 1.54) is 16.5 Å². The summed E-state index contributed by atoms with van der Waals surface area (Å²) < 4.78 is 0. The molecule has 1 unspecified atom stereocenters. The van der Waals surface area contributed by atoms with E-state index in [4.69, 9.17) is 0 Å². The maximum absolute atomic E-state index is 12.8. The van der Waals surface area contributed by atoms with Crippen LogP contribution in [0.1, 0.15) is 37.0 Å². The smallest absolute Gasteiger partial charge is 0.145 e. The Labute approximate surface area is 173 Å². The Kier molecular flexibility index (Phi) is 7.13. The molecular weight excluding hydrogens is 356 g/mol. The third kappa shape index (κ3) is 5.99. The second-order valence-corrected chi connectivity index (χ2v) is 7.76. The highest BCUT2D eigenvalue weighted by Gasteiger charge is 2.14. The van der Waals surface area contributed by atoms with Gasteiger partial charge in [-0.15, -0.1) is 0 Å². The van der Waals surface area contributed by atoms with Crippen molar-refractivity contribution in [3.8, 4) is 0 Å². The van der Waals surface area contributed by atoms with Crippen molar-refractivity contribution in [3.63, 3.8) is 0 Å². The molecule has 0 saturated carbocycles. The van der Waals surface area contributed by atoms with E-state index < -0.39 is 0 Å². The fourth-order valence-electron chi connectivity index (χ4n) is 3.76. The number of fused-ring (bicyclic) bond motifs is 1. The number of carbonyl (C=O) groups excluding carboxylic acids is 2. The molecule has 0 bridgehead atoms. The topological polar surface area (TPSA) is 34.1 Å². The van der Waals surface area contributed by atoms with Crippen molar-refractivity contribution < 1.29 is 9.59 Å². The van der Waals surface area contributed by atoms with E-state index in [0.717, 1.165) is 30.1 Å². The summed E-state index contributed by atoms with van der Waals surface area (Å²) in [6.45, 7) is 3.94. The second kappa shape index (κ2) is 9.97. The van der Waals surface area contributed by atoms with E-state index in [1.54, 1.807) is 6.92 Å². The first-order valence-electron chi connectivity index (χ1n) is 10.3. The van der Waals surface area contributed by atoms with Gasteiger partial charge in [0.15, 0.2) is 0 Å². The number of rotatable bonds is 9. The molecule has 2 heteroatoms. The van der Waals surface area contributed by atoms with Crippen molar-refractivity contribution in [1.82, 2.24) is 0 Å². The van der Waals surface area contributed by atoms with Crippen LogP contribution in [0.3, 0.4) is 0 Å². The van der Waals surface area contributed by atoms with Crippen LogP contribution in [0.15, 0.2) is 78.4 Å². The number of Topliss-reactive ketones (excluding diaryl/α,β-unsaturated/α-hetero) is 1. The fraction of sp³-hybridized carbons (Fsp3) is 0.259. The predicted molar refractivity (Wildman–Crippen MR) is 120 cm³/mol. The van der Waals surface area contributed by atoms with Crippen LogP contribution in [0.2, 0.25) is 0 Å². The predicted octanol–water partition coefficient (Wildman–Crippen LogP) is 5.91. The zero-order valence-electron chi connectivity index (χ0n) is 17.2. The monoisotopic (exact) mass is 384 g/mol. The Hall–Kier alpha value is -3.00. The van der Waals surface area contributed by atoms with Gasteiger partial charge in [0.2, 0.25) is 0 Å². The van der Waals surface area contributed by atoms with Gasteiger partial charge >= 0.3 is 0 Å². The van der Waals surface area contributed by atoms with Gasteiger partial charge in [-0.2, -0.15) is 0 Å². The van der Waals surface area contributed by atoms with Gasteiger partial charge in [-0.1, -0.05) is 79.7 Å². The molecule has 0 spiro atoms. The van der Waals surface area contributed by atoms with Crippen molar-refractivity contribution in [2.75, 3.05) is 0 Å². The molecule has 0 N–H and O–H groups in total. The zero-order chi connectivity index (χ0) is 20.6. The average Bonchev–Trinajstić information content (AvgIpc) is 2.74. The second-order valence-electron chi connectivity index (χ2n) is 7.76. The minimum Gasteiger partial charge on any atom is -0.299 e. The van der Waals surface area contributed by atoms with Crippen LogP contribution >= 0.6 is 0 Å². The third-order valence-electron chi connectivity index (χ3n) is 5.32. The molecule has 0 radical (unpaired) electrons. The minimum absolute atomic E-state index is 0.0284. The molecule has 0 aliphatic heterocycles. The van der Waals surface area contributed by atoms with E-state index >= 15 is 0 Å². The third-order valence-corrected chi connectivity index (χ3v) is 5.32. The van der Waals surface area contributed by atoms with Gasteiger partial charge < -0.3 is 0 Å². The van der Waals surface area contributed by atoms with Crippen molar-refractivity contribution in [2.45, 2.75) is 39.5 Å². The summed E-state index contributed by atoms with van der Waals surface area (Å²) in [5.74, 6) is 0.228. The SMILES string of the molecule is CCc1ccc(CC(C=C(C)C=O)CC(=O)Cc2ccc3ccccc3c2)cc1. The van der Waals surface area contributed by atoms with Crippen LogP contribution in [-0.4, -0.2) is 12.1 Å². The summed E-state index contributed by atoms with van der Waals surface area (Å²) in [6, 6.07) is 22.9. The van der Waals surface area contributed by atoms with Crippen molar-refractivity contribution in [1.29, 1.82) is 0 Å². The molecule has 2 nitrogen and oxygen atoms in total. The van der Waals surface area contributed by atoms with Crippen LogP contribution in [-0.2, 0) is 28.9 Å². The normalized spacial score (nSPS) is 12.7. The lowest BCUT2D eigenvalue weighted by Crippen LogP contribution is -2.12. The number of aryl methyl sites for hydroxylation is 1. The van der Waals surface area contributed by atoms with Crippen LogP contribution in [0.25, 0.3) is 10.8 Å². The number of aldehydes is 1. The Morgan fingerprint density at radius 3 is 2.24 bits per heavy atom. The van der Waals surface area contributed by atoms with Crippen LogP contribution < -0.4 is 0 Å². The Bertz CT molecular complexity index is 1010. The first kappa shape index (κ1) is 20.7. The molecule has 0 aliphatic rings. The maximum Gasteiger partial charge on any atom is 0.145 e. The molecule has 0 saturated heterocycles. The average molecular weight is 385 g/mol. The van der Waals surface area contributed by atoms with Gasteiger partial charge in [0.1, 0.15) is 12.1 Å². The van der Waals surface area contributed by atoms with Gasteiger partial charge in [-0.25, -0.2) is 0 Å². The number of hydrogen-bond acceptors (Lipinski definition) is 2. The highest BCUT2D eigenvalue weighted by molar-refractivity contribution is 5.86. The highest BCUT2D eigenvalue weighted by Crippen LogP contribution is 2.20. The molecule has 1 atom stereocenters. The lowest BCUT2D eigenvalue weighted by atomic mass is 9.90. The zero-order valence-corrected chi connectivity index (χ0v) is 17.2. The molecule has 3 aromatic rings. The molecule has 0 aliphatic carbocycles. The first-order valence-corrected chi connectivity index (χ1v) is 10.3. The molecule has 0 aromatic heterocycles. The largest absolute Gasteiger partial charge is 0.299 e. The molecule has 29 heavy (non-hydrogen) atoms. The van der Waals surface area contributed by atoms with Gasteiger partial charge in [0.05, 0.1) is 0 Å². The van der Waals surface area contributed by atoms with Gasteiger partial charge in [0.25, 0.3) is 0 Å². The molecule has 0 fully saturated rings. The number of benzene rings is 3. The fourth-order valence-corrected chi connectivity index (χ4v) is 3.76. The summed E-state index contributed by atoms with van der Waals surface area (Å²) in [4.78, 5) is 23.9. The lowest BCUT2D eigenvalue weighted by Gasteiger charge is -2.14. The Morgan fingerprint density at radius 2 is 1.55 bits per heavy atom. The van der Waals surface area contributed by atoms with Crippen molar-refractivity contribution in [3.05, 3.63) is 95.1 Å². The molecule has 0 amide bonds. The van der Waals surface area contributed by atoms with Crippen molar-refractivity contribution in [2.24, 2.45) is 5.92 Å². The molecule has 3 rings (SSSR count). The summed E-state index contributed by atoms with van der Waals surface area (Å²) in [5.41, 5.74) is 4.22. The summed E-state index contributed by atoms with van der Waals surface area (Å²) in [5, 5.41) is 2.34. The Morgan fingerprint density at radius 1 is 0.897 bits per heavy atom. The van der Waals surface area contributed by atoms with E-state index in [1.807, 2.05) is 24.3 Å². The lowest BCUT2D eigenvalue weighted by molar-refractivity contribution is -0.119. The van der Waals surface area contributed by atoms with E-state index in [2.05, 4.69) is 55.5 Å². The highest BCUT2D eigenvalue weighted by atomic mass is 16.1. The van der Waals surface area contributed by atoms with Crippen LogP contribution in [0, 0.1) is 5.92 Å². The standard InChI is InChI=1S/C27H28O2/c1-3-21-8-10-22(11-9-21)15-24(14-20(2)19-28)18-27(29)17-23-12-13-25-6-4-5-7-26(25)16-23/h4-14,16,19,24H,3,15,17-18H2,1-2H3. The summed E-state index contributed by atoms with van der Waals surface area (Å²) in [7, 11) is 0.